The van der Waals surface area contributed by atoms with Gasteiger partial charge in [0.1, 0.15) is 12.2 Å². The molecule has 0 spiro atoms. The van der Waals surface area contributed by atoms with E-state index < -0.39 is 0 Å². The number of aliphatic imine (C=N–C) groups is 1. The largest absolute Gasteiger partial charge is 0.450 e. The third kappa shape index (κ3) is 5.10. The monoisotopic (exact) mass is 337 g/mol. The van der Waals surface area contributed by atoms with Crippen molar-refractivity contribution in [1.29, 1.82) is 0 Å². The molecule has 1 aromatic rings. The van der Waals surface area contributed by atoms with E-state index in [-0.39, 0.29) is 12.1 Å². The number of amides is 1. The average molecular weight is 337 g/mol. The van der Waals surface area contributed by atoms with Gasteiger partial charge in [0.2, 0.25) is 0 Å². The number of carbonyl (C=O) groups is 1. The molecular weight excluding hydrogens is 310 g/mol. The van der Waals surface area contributed by atoms with Gasteiger partial charge in [0, 0.05) is 27.7 Å². The number of nitrogens with one attached hydrogen (secondary N) is 2. The van der Waals surface area contributed by atoms with Gasteiger partial charge in [-0.2, -0.15) is 5.10 Å². The van der Waals surface area contributed by atoms with Gasteiger partial charge in [-0.25, -0.2) is 9.78 Å². The Hall–Kier alpha value is -2.32. The zero-order chi connectivity index (χ0) is 17.5. The van der Waals surface area contributed by atoms with Gasteiger partial charge in [-0.1, -0.05) is 0 Å². The van der Waals surface area contributed by atoms with Crippen molar-refractivity contribution >= 4 is 12.1 Å². The fourth-order valence-corrected chi connectivity index (χ4v) is 2.49. The van der Waals surface area contributed by atoms with Crippen LogP contribution in [-0.2, 0) is 18.3 Å². The number of aromatic nitrogens is 3. The van der Waals surface area contributed by atoms with Crippen molar-refractivity contribution in [2.24, 2.45) is 18.0 Å². The highest BCUT2D eigenvalue weighted by atomic mass is 16.5. The maximum Gasteiger partial charge on any atom is 0.407 e. The lowest BCUT2D eigenvalue weighted by atomic mass is 10.2. The van der Waals surface area contributed by atoms with Gasteiger partial charge in [0.25, 0.3) is 0 Å². The molecule has 1 amide bonds. The van der Waals surface area contributed by atoms with Crippen LogP contribution < -0.4 is 10.6 Å². The van der Waals surface area contributed by atoms with E-state index in [1.54, 1.807) is 18.7 Å². The van der Waals surface area contributed by atoms with Gasteiger partial charge in [0.15, 0.2) is 5.96 Å². The molecule has 1 aromatic heterocycles. The Morgan fingerprint density at radius 3 is 2.88 bits per heavy atom. The minimum absolute atomic E-state index is 0.0454. The Labute approximate surface area is 142 Å². The van der Waals surface area contributed by atoms with Crippen molar-refractivity contribution < 1.29 is 9.53 Å². The Morgan fingerprint density at radius 1 is 1.58 bits per heavy atom. The first kappa shape index (κ1) is 18.0. The molecule has 1 unspecified atom stereocenters. The highest BCUT2D eigenvalue weighted by molar-refractivity contribution is 5.79. The molecule has 1 fully saturated rings. The molecular formula is C15H27N7O2. The van der Waals surface area contributed by atoms with E-state index in [0.29, 0.717) is 25.6 Å². The summed E-state index contributed by atoms with van der Waals surface area (Å²) in [6.07, 6.45) is 3.43. The van der Waals surface area contributed by atoms with Gasteiger partial charge < -0.3 is 20.3 Å². The van der Waals surface area contributed by atoms with Crippen LogP contribution in [0.3, 0.4) is 0 Å². The molecule has 1 aliphatic rings. The zero-order valence-electron chi connectivity index (χ0n) is 14.8. The highest BCUT2D eigenvalue weighted by Crippen LogP contribution is 2.32. The Bertz CT molecular complexity index is 568. The zero-order valence-corrected chi connectivity index (χ0v) is 14.8. The minimum Gasteiger partial charge on any atom is -0.450 e. The number of hydrogen-bond donors (Lipinski definition) is 2. The molecule has 2 N–H and O–H groups in total. The molecule has 0 aromatic carbocycles. The lowest BCUT2D eigenvalue weighted by molar-refractivity contribution is 0.146. The van der Waals surface area contributed by atoms with Gasteiger partial charge in [0.05, 0.1) is 19.2 Å². The van der Waals surface area contributed by atoms with Crippen LogP contribution in [-0.4, -0.2) is 65.0 Å². The molecule has 0 saturated heterocycles. The van der Waals surface area contributed by atoms with Gasteiger partial charge in [-0.15, -0.1) is 0 Å². The van der Waals surface area contributed by atoms with Crippen molar-refractivity contribution in [2.45, 2.75) is 32.4 Å². The van der Waals surface area contributed by atoms with E-state index in [1.807, 2.05) is 19.0 Å². The Kier molecular flexibility index (Phi) is 6.39. The molecule has 1 atom stereocenters. The predicted molar refractivity (Wildman–Crippen MR) is 90.5 cm³/mol. The van der Waals surface area contributed by atoms with Crippen molar-refractivity contribution in [1.82, 2.24) is 30.3 Å². The standard InChI is InChI=1S/C15H27N7O2/c1-5-24-15(23)20-12(11-6-7-11)8-17-14(16-2)21(3)9-13-18-10-19-22(13)4/h10-12H,5-9H2,1-4H3,(H,16,17)(H,20,23). The first-order valence-electron chi connectivity index (χ1n) is 8.23. The smallest absolute Gasteiger partial charge is 0.407 e. The first-order valence-corrected chi connectivity index (χ1v) is 8.23. The summed E-state index contributed by atoms with van der Waals surface area (Å²) in [5, 5.41) is 10.3. The molecule has 0 radical (unpaired) electrons. The lowest BCUT2D eigenvalue weighted by Gasteiger charge is -2.24. The molecule has 0 aliphatic heterocycles. The summed E-state index contributed by atoms with van der Waals surface area (Å²) in [5.41, 5.74) is 0. The van der Waals surface area contributed by atoms with Gasteiger partial charge in [-0.3, -0.25) is 9.67 Å². The average Bonchev–Trinajstić information content (AvgIpc) is 3.31. The topological polar surface area (TPSA) is 96.7 Å². The molecule has 1 aliphatic carbocycles. The van der Waals surface area contributed by atoms with Crippen LogP contribution >= 0.6 is 0 Å². The maximum absolute atomic E-state index is 11.7. The fourth-order valence-electron chi connectivity index (χ4n) is 2.49. The lowest BCUT2D eigenvalue weighted by Crippen LogP contribution is -2.48. The van der Waals surface area contributed by atoms with E-state index >= 15 is 0 Å². The third-order valence-electron chi connectivity index (χ3n) is 4.01. The van der Waals surface area contributed by atoms with Crippen LogP contribution in [0.1, 0.15) is 25.6 Å². The van der Waals surface area contributed by atoms with E-state index in [4.69, 9.17) is 4.74 Å². The van der Waals surface area contributed by atoms with Gasteiger partial charge in [-0.05, 0) is 25.7 Å². The highest BCUT2D eigenvalue weighted by Gasteiger charge is 2.32. The van der Waals surface area contributed by atoms with Gasteiger partial charge >= 0.3 is 6.09 Å². The quantitative estimate of drug-likeness (QED) is 0.550. The second kappa shape index (κ2) is 8.51. The summed E-state index contributed by atoms with van der Waals surface area (Å²) in [7, 11) is 5.54. The SMILES string of the molecule is CCOC(=O)NC(CNC(=NC)N(C)Cc1ncnn1C)C1CC1. The van der Waals surface area contributed by atoms with E-state index in [0.717, 1.165) is 24.6 Å². The summed E-state index contributed by atoms with van der Waals surface area (Å²) >= 11 is 0. The third-order valence-corrected chi connectivity index (χ3v) is 4.01. The number of aryl methyl sites for hydroxylation is 1. The van der Waals surface area contributed by atoms with Crippen molar-refractivity contribution in [3.8, 4) is 0 Å². The molecule has 24 heavy (non-hydrogen) atoms. The fraction of sp³-hybridized carbons (Fsp3) is 0.733. The summed E-state index contributed by atoms with van der Waals surface area (Å²) in [6, 6.07) is 0.0454. The summed E-state index contributed by atoms with van der Waals surface area (Å²) in [4.78, 5) is 22.1. The number of hydrogen-bond acceptors (Lipinski definition) is 5. The summed E-state index contributed by atoms with van der Waals surface area (Å²) in [6.45, 7) is 3.38. The first-order chi connectivity index (χ1) is 11.5. The van der Waals surface area contributed by atoms with Crippen molar-refractivity contribution in [2.75, 3.05) is 27.2 Å². The molecule has 9 nitrogen and oxygen atoms in total. The molecule has 1 saturated carbocycles. The molecule has 9 heteroatoms. The van der Waals surface area contributed by atoms with E-state index in [9.17, 15) is 4.79 Å². The number of ether oxygens (including phenoxy) is 1. The van der Waals surface area contributed by atoms with E-state index in [2.05, 4.69) is 25.7 Å². The van der Waals surface area contributed by atoms with Crippen LogP contribution in [0.4, 0.5) is 4.79 Å². The Morgan fingerprint density at radius 2 is 2.33 bits per heavy atom. The second-order valence-corrected chi connectivity index (χ2v) is 5.89. The number of nitrogens with zero attached hydrogens (tertiary/aromatic N) is 5. The number of rotatable bonds is 7. The predicted octanol–water partition coefficient (Wildman–Crippen LogP) is 0.347. The van der Waals surface area contributed by atoms with Crippen LogP contribution in [0.5, 0.6) is 0 Å². The second-order valence-electron chi connectivity index (χ2n) is 5.89. The number of guanidine groups is 1. The Balaban J connectivity index is 1.86. The molecule has 134 valence electrons. The maximum atomic E-state index is 11.7. The molecule has 1 heterocycles. The summed E-state index contributed by atoms with van der Waals surface area (Å²) < 4.78 is 6.71. The summed E-state index contributed by atoms with van der Waals surface area (Å²) in [5.74, 6) is 2.10. The number of carbonyl (C=O) groups excluding carboxylic acids is 1. The van der Waals surface area contributed by atoms with E-state index in [1.165, 1.54) is 6.33 Å². The van der Waals surface area contributed by atoms with Crippen LogP contribution in [0.15, 0.2) is 11.3 Å². The molecule has 0 bridgehead atoms. The normalized spacial score (nSPS) is 15.8. The van der Waals surface area contributed by atoms with Crippen LogP contribution in [0, 0.1) is 5.92 Å². The minimum atomic E-state index is -0.362. The number of alkyl carbamates (subject to hydrolysis) is 1. The van der Waals surface area contributed by atoms with Crippen LogP contribution in [0.2, 0.25) is 0 Å². The van der Waals surface area contributed by atoms with Crippen molar-refractivity contribution in [3.63, 3.8) is 0 Å². The van der Waals surface area contributed by atoms with Crippen molar-refractivity contribution in [3.05, 3.63) is 12.2 Å². The van der Waals surface area contributed by atoms with Crippen LogP contribution in [0.25, 0.3) is 0 Å². The molecule has 2 rings (SSSR count).